The Morgan fingerprint density at radius 1 is 1.00 bits per heavy atom. The van der Waals surface area contributed by atoms with Gasteiger partial charge in [-0.2, -0.15) is 0 Å². The van der Waals surface area contributed by atoms with Crippen molar-refractivity contribution in [2.24, 2.45) is 0 Å². The number of hydrogen-bond donors (Lipinski definition) is 1. The summed E-state index contributed by atoms with van der Waals surface area (Å²) in [5.41, 5.74) is 3.31. The molecule has 3 aromatic carbocycles. The van der Waals surface area contributed by atoms with Gasteiger partial charge >= 0.3 is 0 Å². The van der Waals surface area contributed by atoms with Crippen LogP contribution in [0, 0.1) is 5.82 Å². The van der Waals surface area contributed by atoms with Gasteiger partial charge in [0.15, 0.2) is 0 Å². The molecule has 2 nitrogen and oxygen atoms in total. The molecule has 0 aliphatic rings. The minimum atomic E-state index is -0.347. The van der Waals surface area contributed by atoms with Crippen molar-refractivity contribution in [3.63, 3.8) is 0 Å². The van der Waals surface area contributed by atoms with E-state index in [1.807, 2.05) is 54.6 Å². The largest absolute Gasteiger partial charge is 0.325 e. The number of rotatable bonds is 6. The molecule has 0 fully saturated rings. The molecule has 3 rings (SSSR count). The Kier molecular flexibility index (Phi) is 6.31. The highest BCUT2D eigenvalue weighted by atomic mass is 35.5. The predicted molar refractivity (Wildman–Crippen MR) is 108 cm³/mol. The van der Waals surface area contributed by atoms with E-state index in [1.165, 1.54) is 17.8 Å². The summed E-state index contributed by atoms with van der Waals surface area (Å²) in [5.74, 6) is 0.190. The van der Waals surface area contributed by atoms with Crippen LogP contribution in [-0.2, 0) is 10.5 Å². The molecular formula is C21H17ClFNOS. The van der Waals surface area contributed by atoms with E-state index >= 15 is 0 Å². The van der Waals surface area contributed by atoms with E-state index in [0.717, 1.165) is 16.8 Å². The Labute approximate surface area is 161 Å². The molecule has 0 atom stereocenters. The maximum atomic E-state index is 13.8. The smallest absolute Gasteiger partial charge is 0.234 e. The summed E-state index contributed by atoms with van der Waals surface area (Å²) < 4.78 is 13.8. The molecule has 0 saturated heterocycles. The van der Waals surface area contributed by atoms with Gasteiger partial charge in [0.25, 0.3) is 0 Å². The molecule has 0 aromatic heterocycles. The number of anilines is 1. The second kappa shape index (κ2) is 8.88. The second-order valence-corrected chi connectivity index (χ2v) is 7.11. The lowest BCUT2D eigenvalue weighted by Crippen LogP contribution is -2.14. The Bertz CT molecular complexity index is 902. The van der Waals surface area contributed by atoms with Crippen LogP contribution in [0.3, 0.4) is 0 Å². The minimum Gasteiger partial charge on any atom is -0.325 e. The molecule has 0 heterocycles. The molecule has 0 radical (unpaired) electrons. The standard InChI is InChI=1S/C21H17ClFNOS/c22-17-11-10-16(19(23)12-17)13-26-14-21(25)24-20-9-5-4-8-18(20)15-6-2-1-3-7-15/h1-12H,13-14H2,(H,24,25). The molecule has 26 heavy (non-hydrogen) atoms. The highest BCUT2D eigenvalue weighted by Crippen LogP contribution is 2.28. The summed E-state index contributed by atoms with van der Waals surface area (Å²) >= 11 is 7.11. The minimum absolute atomic E-state index is 0.118. The molecule has 132 valence electrons. The van der Waals surface area contributed by atoms with Gasteiger partial charge in [0, 0.05) is 22.0 Å². The van der Waals surface area contributed by atoms with Gasteiger partial charge in [-0.15, -0.1) is 11.8 Å². The van der Waals surface area contributed by atoms with Gasteiger partial charge in [0.1, 0.15) is 5.82 Å². The Hall–Kier alpha value is -2.30. The number of carbonyl (C=O) groups is 1. The lowest BCUT2D eigenvalue weighted by Gasteiger charge is -2.11. The van der Waals surface area contributed by atoms with Crippen molar-refractivity contribution in [1.82, 2.24) is 0 Å². The number of nitrogens with one attached hydrogen (secondary N) is 1. The number of amides is 1. The Morgan fingerprint density at radius 2 is 1.73 bits per heavy atom. The zero-order valence-electron chi connectivity index (χ0n) is 13.9. The summed E-state index contributed by atoms with van der Waals surface area (Å²) in [6.45, 7) is 0. The van der Waals surface area contributed by atoms with Gasteiger partial charge in [-0.25, -0.2) is 4.39 Å². The monoisotopic (exact) mass is 385 g/mol. The fraction of sp³-hybridized carbons (Fsp3) is 0.0952. The predicted octanol–water partition coefficient (Wildman–Crippen LogP) is 6.02. The molecule has 3 aromatic rings. The van der Waals surface area contributed by atoms with Crippen LogP contribution in [-0.4, -0.2) is 11.7 Å². The fourth-order valence-electron chi connectivity index (χ4n) is 2.54. The molecule has 0 unspecified atom stereocenters. The SMILES string of the molecule is O=C(CSCc1ccc(Cl)cc1F)Nc1ccccc1-c1ccccc1. The van der Waals surface area contributed by atoms with Crippen molar-refractivity contribution in [1.29, 1.82) is 0 Å². The third-order valence-corrected chi connectivity index (χ3v) is 5.01. The maximum Gasteiger partial charge on any atom is 0.234 e. The number of para-hydroxylation sites is 1. The van der Waals surface area contributed by atoms with Crippen molar-refractivity contribution in [3.8, 4) is 11.1 Å². The van der Waals surface area contributed by atoms with Crippen LogP contribution in [0.25, 0.3) is 11.1 Å². The highest BCUT2D eigenvalue weighted by Gasteiger charge is 2.09. The third kappa shape index (κ3) is 4.87. The van der Waals surface area contributed by atoms with Crippen LogP contribution in [0.4, 0.5) is 10.1 Å². The highest BCUT2D eigenvalue weighted by molar-refractivity contribution is 7.99. The van der Waals surface area contributed by atoms with E-state index in [0.29, 0.717) is 16.3 Å². The number of carbonyl (C=O) groups excluding carboxylic acids is 1. The zero-order chi connectivity index (χ0) is 18.4. The summed E-state index contributed by atoms with van der Waals surface area (Å²) in [6, 6.07) is 22.1. The van der Waals surface area contributed by atoms with Crippen LogP contribution >= 0.6 is 23.4 Å². The molecule has 0 bridgehead atoms. The van der Waals surface area contributed by atoms with E-state index in [-0.39, 0.29) is 17.5 Å². The molecule has 1 N–H and O–H groups in total. The summed E-state index contributed by atoms with van der Waals surface area (Å²) in [5, 5.41) is 3.31. The van der Waals surface area contributed by atoms with Crippen molar-refractivity contribution in [3.05, 3.63) is 89.2 Å². The number of thioether (sulfide) groups is 1. The molecule has 0 spiro atoms. The zero-order valence-corrected chi connectivity index (χ0v) is 15.5. The maximum absolute atomic E-state index is 13.8. The number of halogens is 2. The van der Waals surface area contributed by atoms with Gasteiger partial charge in [-0.1, -0.05) is 66.2 Å². The first-order chi connectivity index (χ1) is 12.6. The van der Waals surface area contributed by atoms with E-state index in [9.17, 15) is 9.18 Å². The van der Waals surface area contributed by atoms with Gasteiger partial charge in [0.05, 0.1) is 5.75 Å². The van der Waals surface area contributed by atoms with Crippen molar-refractivity contribution in [2.45, 2.75) is 5.75 Å². The van der Waals surface area contributed by atoms with Gasteiger partial charge in [0.2, 0.25) is 5.91 Å². The van der Waals surface area contributed by atoms with Crippen LogP contribution in [0.15, 0.2) is 72.8 Å². The summed E-state index contributed by atoms with van der Waals surface area (Å²) in [6.07, 6.45) is 0. The summed E-state index contributed by atoms with van der Waals surface area (Å²) in [7, 11) is 0. The van der Waals surface area contributed by atoms with E-state index < -0.39 is 0 Å². The lowest BCUT2D eigenvalue weighted by atomic mass is 10.0. The van der Waals surface area contributed by atoms with Gasteiger partial charge in [-0.3, -0.25) is 4.79 Å². The van der Waals surface area contributed by atoms with E-state index in [1.54, 1.807) is 12.1 Å². The normalized spacial score (nSPS) is 10.5. The average molecular weight is 386 g/mol. The molecule has 0 aliphatic heterocycles. The average Bonchev–Trinajstić information content (AvgIpc) is 2.65. The van der Waals surface area contributed by atoms with E-state index in [2.05, 4.69) is 5.32 Å². The lowest BCUT2D eigenvalue weighted by molar-refractivity contribution is -0.113. The van der Waals surface area contributed by atoms with Crippen molar-refractivity contribution >= 4 is 35.0 Å². The Morgan fingerprint density at radius 3 is 2.50 bits per heavy atom. The first kappa shape index (κ1) is 18.5. The summed E-state index contributed by atoms with van der Waals surface area (Å²) in [4.78, 5) is 12.3. The third-order valence-electron chi connectivity index (χ3n) is 3.79. The molecule has 0 aliphatic carbocycles. The molecular weight excluding hydrogens is 369 g/mol. The van der Waals surface area contributed by atoms with Gasteiger partial charge < -0.3 is 5.32 Å². The van der Waals surface area contributed by atoms with Gasteiger partial charge in [-0.05, 0) is 29.3 Å². The van der Waals surface area contributed by atoms with Crippen molar-refractivity contribution in [2.75, 3.05) is 11.1 Å². The first-order valence-corrected chi connectivity index (χ1v) is 9.63. The number of hydrogen-bond acceptors (Lipinski definition) is 2. The quantitative estimate of drug-likeness (QED) is 0.562. The van der Waals surface area contributed by atoms with Crippen LogP contribution < -0.4 is 5.32 Å². The van der Waals surface area contributed by atoms with Crippen molar-refractivity contribution < 1.29 is 9.18 Å². The molecule has 5 heteroatoms. The van der Waals surface area contributed by atoms with Crippen LogP contribution in [0.1, 0.15) is 5.56 Å². The second-order valence-electron chi connectivity index (χ2n) is 5.69. The fourth-order valence-corrected chi connectivity index (χ4v) is 3.51. The van der Waals surface area contributed by atoms with Crippen LogP contribution in [0.2, 0.25) is 5.02 Å². The topological polar surface area (TPSA) is 29.1 Å². The van der Waals surface area contributed by atoms with Crippen LogP contribution in [0.5, 0.6) is 0 Å². The number of benzene rings is 3. The molecule has 0 saturated carbocycles. The van der Waals surface area contributed by atoms with E-state index in [4.69, 9.17) is 11.6 Å². The Balaban J connectivity index is 1.60. The molecule has 1 amide bonds. The first-order valence-electron chi connectivity index (χ1n) is 8.09.